The molecule has 3 fully saturated rings. The number of nitro groups is 1. The zero-order valence-corrected chi connectivity index (χ0v) is 15.1. The number of hydrogen-bond acceptors (Lipinski definition) is 5. The summed E-state index contributed by atoms with van der Waals surface area (Å²) in [5, 5.41) is 21.2. The topological polar surface area (TPSA) is 104 Å². The van der Waals surface area contributed by atoms with Crippen LogP contribution in [0.5, 0.6) is 0 Å². The standard InChI is InChI=1S/C19H23N3O5/c23-17(20-8-1-2-9-20)15-10-14(5-6-16(15)22(26)27)21-11-13-4-3-7-19(13,12-21)18(24)25/h5-6,10,13H,1-4,7-9,11-12H2,(H,24,25)/t13-,19+/m0/s1. The van der Waals surface area contributed by atoms with Gasteiger partial charge in [0.2, 0.25) is 0 Å². The van der Waals surface area contributed by atoms with E-state index in [0.29, 0.717) is 38.3 Å². The van der Waals surface area contributed by atoms with Crippen LogP contribution in [0.3, 0.4) is 0 Å². The molecule has 0 unspecified atom stereocenters. The predicted molar refractivity (Wildman–Crippen MR) is 97.9 cm³/mol. The minimum Gasteiger partial charge on any atom is -0.481 e. The molecule has 1 amide bonds. The Kier molecular flexibility index (Phi) is 4.28. The van der Waals surface area contributed by atoms with E-state index >= 15 is 0 Å². The number of carbonyl (C=O) groups is 2. The second kappa shape index (κ2) is 6.51. The van der Waals surface area contributed by atoms with Gasteiger partial charge in [0, 0.05) is 37.9 Å². The molecule has 0 bridgehead atoms. The number of rotatable bonds is 4. The monoisotopic (exact) mass is 373 g/mol. The predicted octanol–water partition coefficient (Wildman–Crippen LogP) is 2.52. The van der Waals surface area contributed by atoms with Gasteiger partial charge in [-0.05, 0) is 43.7 Å². The second-order valence-corrected chi connectivity index (χ2v) is 7.89. The summed E-state index contributed by atoms with van der Waals surface area (Å²) in [5.74, 6) is -0.987. The molecule has 1 aromatic carbocycles. The van der Waals surface area contributed by atoms with E-state index in [-0.39, 0.29) is 23.1 Å². The van der Waals surface area contributed by atoms with Gasteiger partial charge in [0.05, 0.1) is 10.3 Å². The molecule has 0 spiro atoms. The highest BCUT2D eigenvalue weighted by molar-refractivity contribution is 5.99. The maximum absolute atomic E-state index is 12.8. The Morgan fingerprint density at radius 3 is 2.59 bits per heavy atom. The van der Waals surface area contributed by atoms with Crippen LogP contribution in [0.2, 0.25) is 0 Å². The highest BCUT2D eigenvalue weighted by atomic mass is 16.6. The Morgan fingerprint density at radius 2 is 1.96 bits per heavy atom. The van der Waals surface area contributed by atoms with Crippen molar-refractivity contribution >= 4 is 23.3 Å². The number of amides is 1. The molecule has 0 aromatic heterocycles. The lowest BCUT2D eigenvalue weighted by molar-refractivity contribution is -0.385. The molecule has 1 N–H and O–H groups in total. The molecule has 0 radical (unpaired) electrons. The molecule has 1 aliphatic carbocycles. The van der Waals surface area contributed by atoms with E-state index in [2.05, 4.69) is 0 Å². The van der Waals surface area contributed by atoms with Crippen LogP contribution < -0.4 is 4.90 Å². The van der Waals surface area contributed by atoms with E-state index < -0.39 is 16.3 Å². The van der Waals surface area contributed by atoms with Crippen LogP contribution in [0, 0.1) is 21.4 Å². The van der Waals surface area contributed by atoms with E-state index in [4.69, 9.17) is 0 Å². The first-order chi connectivity index (χ1) is 12.9. The summed E-state index contributed by atoms with van der Waals surface area (Å²) < 4.78 is 0. The van der Waals surface area contributed by atoms with Crippen molar-refractivity contribution in [1.29, 1.82) is 0 Å². The number of likely N-dealkylation sites (tertiary alicyclic amines) is 1. The number of carboxylic acids is 1. The van der Waals surface area contributed by atoms with Gasteiger partial charge in [0.1, 0.15) is 5.56 Å². The molecule has 2 saturated heterocycles. The van der Waals surface area contributed by atoms with Crippen LogP contribution in [-0.2, 0) is 4.79 Å². The minimum absolute atomic E-state index is 0.0860. The normalized spacial score (nSPS) is 27.0. The fourth-order valence-corrected chi connectivity index (χ4v) is 4.98. The summed E-state index contributed by atoms with van der Waals surface area (Å²) in [7, 11) is 0. The number of nitrogens with zero attached hydrogens (tertiary/aromatic N) is 3. The molecular weight excluding hydrogens is 350 g/mol. The summed E-state index contributed by atoms with van der Waals surface area (Å²) in [5.41, 5.74) is -0.136. The summed E-state index contributed by atoms with van der Waals surface area (Å²) in [6.07, 6.45) is 4.29. The van der Waals surface area contributed by atoms with Gasteiger partial charge in [-0.2, -0.15) is 0 Å². The van der Waals surface area contributed by atoms with Crippen molar-refractivity contribution in [3.63, 3.8) is 0 Å². The first-order valence-electron chi connectivity index (χ1n) is 9.48. The Balaban J connectivity index is 1.66. The minimum atomic E-state index is -0.761. The third-order valence-corrected chi connectivity index (χ3v) is 6.46. The number of aliphatic carboxylic acids is 1. The largest absolute Gasteiger partial charge is 0.481 e. The van der Waals surface area contributed by atoms with Crippen molar-refractivity contribution in [2.24, 2.45) is 11.3 Å². The molecule has 2 atom stereocenters. The molecule has 1 saturated carbocycles. The third-order valence-electron chi connectivity index (χ3n) is 6.46. The van der Waals surface area contributed by atoms with Gasteiger partial charge in [0.15, 0.2) is 0 Å². The summed E-state index contributed by atoms with van der Waals surface area (Å²) in [4.78, 5) is 39.2. The molecular formula is C19H23N3O5. The molecule has 2 heterocycles. The number of fused-ring (bicyclic) bond motifs is 1. The van der Waals surface area contributed by atoms with Gasteiger partial charge < -0.3 is 14.9 Å². The molecule has 27 heavy (non-hydrogen) atoms. The summed E-state index contributed by atoms with van der Waals surface area (Å²) in [6, 6.07) is 4.59. The van der Waals surface area contributed by atoms with E-state index in [0.717, 1.165) is 25.7 Å². The highest BCUT2D eigenvalue weighted by Gasteiger charge is 2.55. The fourth-order valence-electron chi connectivity index (χ4n) is 4.98. The Hall–Kier alpha value is -2.64. The molecule has 144 valence electrons. The number of hydrogen-bond donors (Lipinski definition) is 1. The van der Waals surface area contributed by atoms with Crippen LogP contribution in [0.4, 0.5) is 11.4 Å². The zero-order chi connectivity index (χ0) is 19.2. The van der Waals surface area contributed by atoms with E-state index in [9.17, 15) is 24.8 Å². The maximum atomic E-state index is 12.8. The van der Waals surface area contributed by atoms with Gasteiger partial charge in [0.25, 0.3) is 11.6 Å². The maximum Gasteiger partial charge on any atom is 0.311 e. The second-order valence-electron chi connectivity index (χ2n) is 7.89. The lowest BCUT2D eigenvalue weighted by atomic mass is 9.81. The number of anilines is 1. The molecule has 8 heteroatoms. The number of nitro benzene ring substituents is 1. The van der Waals surface area contributed by atoms with Crippen LogP contribution in [0.25, 0.3) is 0 Å². The van der Waals surface area contributed by atoms with E-state index in [1.165, 1.54) is 6.07 Å². The average Bonchev–Trinajstić information content (AvgIpc) is 3.35. The van der Waals surface area contributed by atoms with Crippen molar-refractivity contribution < 1.29 is 19.6 Å². The van der Waals surface area contributed by atoms with Crippen molar-refractivity contribution in [3.05, 3.63) is 33.9 Å². The average molecular weight is 373 g/mol. The molecule has 2 aliphatic heterocycles. The lowest BCUT2D eigenvalue weighted by Gasteiger charge is -2.24. The molecule has 8 nitrogen and oxygen atoms in total. The van der Waals surface area contributed by atoms with Crippen molar-refractivity contribution in [2.75, 3.05) is 31.1 Å². The van der Waals surface area contributed by atoms with Crippen molar-refractivity contribution in [2.45, 2.75) is 32.1 Å². The number of carbonyl (C=O) groups excluding carboxylic acids is 1. The van der Waals surface area contributed by atoms with Crippen LogP contribution in [-0.4, -0.2) is 53.0 Å². The van der Waals surface area contributed by atoms with Crippen LogP contribution in [0.1, 0.15) is 42.5 Å². The Bertz CT molecular complexity index is 805. The molecule has 3 aliphatic rings. The molecule has 4 rings (SSSR count). The van der Waals surface area contributed by atoms with Gasteiger partial charge in [-0.25, -0.2) is 0 Å². The van der Waals surface area contributed by atoms with Crippen molar-refractivity contribution in [3.8, 4) is 0 Å². The van der Waals surface area contributed by atoms with Gasteiger partial charge >= 0.3 is 5.97 Å². The van der Waals surface area contributed by atoms with E-state index in [1.54, 1.807) is 17.0 Å². The SMILES string of the molecule is O=C(c1cc(N2C[C@@H]3CCC[C@@]3(C(=O)O)C2)ccc1[N+](=O)[O-])N1CCCC1. The van der Waals surface area contributed by atoms with Gasteiger partial charge in [-0.1, -0.05) is 6.42 Å². The summed E-state index contributed by atoms with van der Waals surface area (Å²) >= 11 is 0. The number of benzene rings is 1. The summed E-state index contributed by atoms with van der Waals surface area (Å²) in [6.45, 7) is 2.24. The lowest BCUT2D eigenvalue weighted by Crippen LogP contribution is -2.35. The Labute approximate surface area is 156 Å². The number of carboxylic acid groups (broad SMARTS) is 1. The third kappa shape index (κ3) is 2.83. The smallest absolute Gasteiger partial charge is 0.311 e. The Morgan fingerprint density at radius 1 is 1.22 bits per heavy atom. The quantitative estimate of drug-likeness (QED) is 0.642. The fraction of sp³-hybridized carbons (Fsp3) is 0.579. The van der Waals surface area contributed by atoms with Crippen LogP contribution in [0.15, 0.2) is 18.2 Å². The van der Waals surface area contributed by atoms with Crippen LogP contribution >= 0.6 is 0 Å². The first kappa shape index (κ1) is 17.8. The van der Waals surface area contributed by atoms with Crippen molar-refractivity contribution in [1.82, 2.24) is 4.90 Å². The zero-order valence-electron chi connectivity index (χ0n) is 15.1. The highest BCUT2D eigenvalue weighted by Crippen LogP contribution is 2.50. The molecule has 1 aromatic rings. The first-order valence-corrected chi connectivity index (χ1v) is 9.48. The van der Waals surface area contributed by atoms with Gasteiger partial charge in [-0.3, -0.25) is 19.7 Å². The van der Waals surface area contributed by atoms with Gasteiger partial charge in [-0.15, -0.1) is 0 Å². The van der Waals surface area contributed by atoms with E-state index in [1.807, 2.05) is 4.90 Å².